The van der Waals surface area contributed by atoms with Crippen LogP contribution < -0.4 is 10.6 Å². The maximum atomic E-state index is 5.86. The van der Waals surface area contributed by atoms with Crippen LogP contribution >= 0.6 is 15.9 Å². The van der Waals surface area contributed by atoms with Gasteiger partial charge in [-0.15, -0.1) is 0 Å². The summed E-state index contributed by atoms with van der Waals surface area (Å²) < 4.78 is 6.82. The molecule has 3 nitrogen and oxygen atoms in total. The van der Waals surface area contributed by atoms with Crippen molar-refractivity contribution in [2.24, 2.45) is 5.73 Å². The van der Waals surface area contributed by atoms with Crippen molar-refractivity contribution in [2.45, 2.75) is 32.4 Å². The van der Waals surface area contributed by atoms with Crippen LogP contribution in [0.2, 0.25) is 0 Å². The zero-order valence-corrected chi connectivity index (χ0v) is 12.4. The molecule has 0 aromatic heterocycles. The molecule has 4 heteroatoms. The Morgan fingerprint density at radius 2 is 2.33 bits per heavy atom. The van der Waals surface area contributed by atoms with Crippen LogP contribution in [0.5, 0.6) is 0 Å². The third-order valence-corrected chi connectivity index (χ3v) is 4.21. The molecule has 100 valence electrons. The largest absolute Gasteiger partial charge is 0.376 e. The maximum Gasteiger partial charge on any atom is 0.0750 e. The van der Waals surface area contributed by atoms with Crippen molar-refractivity contribution in [1.29, 1.82) is 0 Å². The second-order valence-corrected chi connectivity index (χ2v) is 5.47. The second kappa shape index (κ2) is 6.55. The van der Waals surface area contributed by atoms with Crippen LogP contribution in [-0.4, -0.2) is 25.8 Å². The SMILES string of the molecule is CCN(CC1CCCO1)c1cccc(Br)c1CN. The molecule has 0 spiro atoms. The number of hydrogen-bond donors (Lipinski definition) is 1. The fourth-order valence-electron chi connectivity index (χ4n) is 2.48. The molecular weight excluding hydrogens is 292 g/mol. The minimum atomic E-state index is 0.370. The summed E-state index contributed by atoms with van der Waals surface area (Å²) in [5.41, 5.74) is 8.27. The summed E-state index contributed by atoms with van der Waals surface area (Å²) in [6.45, 7) is 5.57. The van der Waals surface area contributed by atoms with E-state index in [0.29, 0.717) is 12.6 Å². The Kier molecular flexibility index (Phi) is 5.03. The van der Waals surface area contributed by atoms with Crippen molar-refractivity contribution in [2.75, 3.05) is 24.6 Å². The van der Waals surface area contributed by atoms with E-state index in [1.54, 1.807) is 0 Å². The minimum absolute atomic E-state index is 0.370. The number of halogens is 1. The summed E-state index contributed by atoms with van der Waals surface area (Å²) in [5, 5.41) is 0. The Bertz CT molecular complexity index is 391. The average molecular weight is 313 g/mol. The molecule has 1 aliphatic heterocycles. The molecule has 1 saturated heterocycles. The number of nitrogens with zero attached hydrogens (tertiary/aromatic N) is 1. The van der Waals surface area contributed by atoms with E-state index in [9.17, 15) is 0 Å². The number of anilines is 1. The topological polar surface area (TPSA) is 38.5 Å². The van der Waals surface area contributed by atoms with Gasteiger partial charge < -0.3 is 15.4 Å². The fourth-order valence-corrected chi connectivity index (χ4v) is 3.00. The molecule has 0 amide bonds. The molecule has 0 aliphatic carbocycles. The van der Waals surface area contributed by atoms with Crippen molar-refractivity contribution < 1.29 is 4.74 Å². The molecule has 1 aromatic rings. The first-order chi connectivity index (χ1) is 8.76. The Morgan fingerprint density at radius 3 is 2.94 bits per heavy atom. The van der Waals surface area contributed by atoms with Gasteiger partial charge >= 0.3 is 0 Å². The normalized spacial score (nSPS) is 19.2. The lowest BCUT2D eigenvalue weighted by Crippen LogP contribution is -2.33. The number of benzene rings is 1. The van der Waals surface area contributed by atoms with Gasteiger partial charge in [0, 0.05) is 42.0 Å². The van der Waals surface area contributed by atoms with E-state index in [0.717, 1.165) is 24.2 Å². The molecule has 1 heterocycles. The zero-order chi connectivity index (χ0) is 13.0. The van der Waals surface area contributed by atoms with Crippen LogP contribution in [0, 0.1) is 0 Å². The van der Waals surface area contributed by atoms with Gasteiger partial charge in [-0.3, -0.25) is 0 Å². The van der Waals surface area contributed by atoms with Crippen molar-refractivity contribution >= 4 is 21.6 Å². The fraction of sp³-hybridized carbons (Fsp3) is 0.571. The van der Waals surface area contributed by atoms with Crippen molar-refractivity contribution in [3.05, 3.63) is 28.2 Å². The Labute approximate surface area is 117 Å². The van der Waals surface area contributed by atoms with E-state index in [1.165, 1.54) is 24.1 Å². The molecule has 2 rings (SSSR count). The molecule has 0 bridgehead atoms. The average Bonchev–Trinajstić information content (AvgIpc) is 2.88. The van der Waals surface area contributed by atoms with Gasteiger partial charge in [0.2, 0.25) is 0 Å². The summed E-state index contributed by atoms with van der Waals surface area (Å²) in [6.07, 6.45) is 2.72. The van der Waals surface area contributed by atoms with Crippen molar-refractivity contribution in [3.63, 3.8) is 0 Å². The zero-order valence-electron chi connectivity index (χ0n) is 10.9. The van der Waals surface area contributed by atoms with Gasteiger partial charge in [-0.2, -0.15) is 0 Å². The molecule has 1 atom stereocenters. The quantitative estimate of drug-likeness (QED) is 0.908. The Hall–Kier alpha value is -0.580. The lowest BCUT2D eigenvalue weighted by Gasteiger charge is -2.28. The van der Waals surface area contributed by atoms with Crippen molar-refractivity contribution in [3.8, 4) is 0 Å². The van der Waals surface area contributed by atoms with Crippen LogP contribution in [-0.2, 0) is 11.3 Å². The first-order valence-corrected chi connectivity index (χ1v) is 7.39. The summed E-state index contributed by atoms with van der Waals surface area (Å²) in [6, 6.07) is 6.26. The maximum absolute atomic E-state index is 5.86. The minimum Gasteiger partial charge on any atom is -0.376 e. The molecule has 1 fully saturated rings. The Morgan fingerprint density at radius 1 is 1.50 bits per heavy atom. The number of ether oxygens (including phenoxy) is 1. The third-order valence-electron chi connectivity index (χ3n) is 3.47. The first-order valence-electron chi connectivity index (χ1n) is 6.60. The third kappa shape index (κ3) is 3.05. The van der Waals surface area contributed by atoms with E-state index < -0.39 is 0 Å². The Balaban J connectivity index is 2.18. The summed E-state index contributed by atoms with van der Waals surface area (Å²) >= 11 is 3.58. The van der Waals surface area contributed by atoms with Crippen LogP contribution in [0.4, 0.5) is 5.69 Å². The van der Waals surface area contributed by atoms with Crippen molar-refractivity contribution in [1.82, 2.24) is 0 Å². The van der Waals surface area contributed by atoms with Crippen LogP contribution in [0.3, 0.4) is 0 Å². The van der Waals surface area contributed by atoms with Gasteiger partial charge in [0.15, 0.2) is 0 Å². The standard InChI is InChI=1S/C14H21BrN2O/c1-2-17(10-11-5-4-8-18-11)14-7-3-6-13(15)12(14)9-16/h3,6-7,11H,2,4-5,8-10,16H2,1H3. The second-order valence-electron chi connectivity index (χ2n) is 4.62. The molecule has 1 unspecified atom stereocenters. The summed E-state index contributed by atoms with van der Waals surface area (Å²) in [4.78, 5) is 2.36. The summed E-state index contributed by atoms with van der Waals surface area (Å²) in [5.74, 6) is 0. The van der Waals surface area contributed by atoms with E-state index in [-0.39, 0.29) is 0 Å². The molecule has 1 aliphatic rings. The highest BCUT2D eigenvalue weighted by Crippen LogP contribution is 2.28. The lowest BCUT2D eigenvalue weighted by molar-refractivity contribution is 0.115. The van der Waals surface area contributed by atoms with E-state index >= 15 is 0 Å². The lowest BCUT2D eigenvalue weighted by atomic mass is 10.1. The molecule has 1 aromatic carbocycles. The number of hydrogen-bond acceptors (Lipinski definition) is 3. The van der Waals surface area contributed by atoms with Gasteiger partial charge in [0.1, 0.15) is 0 Å². The molecule has 2 N–H and O–H groups in total. The number of likely N-dealkylation sites (N-methyl/N-ethyl adjacent to an activating group) is 1. The predicted molar refractivity (Wildman–Crippen MR) is 78.9 cm³/mol. The van der Waals surface area contributed by atoms with Gasteiger partial charge in [0.05, 0.1) is 6.10 Å². The van der Waals surface area contributed by atoms with Crippen LogP contribution in [0.15, 0.2) is 22.7 Å². The molecule has 0 saturated carbocycles. The van der Waals surface area contributed by atoms with E-state index in [1.807, 2.05) is 6.07 Å². The number of nitrogens with two attached hydrogens (primary N) is 1. The van der Waals surface area contributed by atoms with Gasteiger partial charge in [-0.05, 0) is 31.9 Å². The van der Waals surface area contributed by atoms with Crippen LogP contribution in [0.25, 0.3) is 0 Å². The van der Waals surface area contributed by atoms with Gasteiger partial charge in [-0.25, -0.2) is 0 Å². The molecule has 18 heavy (non-hydrogen) atoms. The van der Waals surface area contributed by atoms with E-state index in [2.05, 4.69) is 39.9 Å². The smallest absolute Gasteiger partial charge is 0.0750 e. The first kappa shape index (κ1) is 13.8. The summed E-state index contributed by atoms with van der Waals surface area (Å²) in [7, 11) is 0. The highest BCUT2D eigenvalue weighted by atomic mass is 79.9. The molecular formula is C14H21BrN2O. The van der Waals surface area contributed by atoms with Gasteiger partial charge in [0.25, 0.3) is 0 Å². The van der Waals surface area contributed by atoms with Crippen LogP contribution in [0.1, 0.15) is 25.3 Å². The van der Waals surface area contributed by atoms with Gasteiger partial charge in [-0.1, -0.05) is 22.0 Å². The highest BCUT2D eigenvalue weighted by molar-refractivity contribution is 9.10. The predicted octanol–water partition coefficient (Wildman–Crippen LogP) is 2.91. The highest BCUT2D eigenvalue weighted by Gasteiger charge is 2.20. The molecule has 0 radical (unpaired) electrons. The van der Waals surface area contributed by atoms with E-state index in [4.69, 9.17) is 10.5 Å². The monoisotopic (exact) mass is 312 g/mol. The number of rotatable bonds is 5.